The molecule has 5 amide bonds. The Kier molecular flexibility index (Phi) is 29.0. The van der Waals surface area contributed by atoms with Gasteiger partial charge in [0.05, 0.1) is 31.2 Å². The summed E-state index contributed by atoms with van der Waals surface area (Å²) >= 11 is 0. The normalized spacial score (nSPS) is 15.2. The number of nitrogens with two attached hydrogens (primary N) is 5. The van der Waals surface area contributed by atoms with E-state index in [0.29, 0.717) is 24.8 Å². The predicted octanol–water partition coefficient (Wildman–Crippen LogP) is -0.339. The van der Waals surface area contributed by atoms with Gasteiger partial charge in [-0.05, 0) is 49.5 Å². The molecular formula is C49H79N11O12. The van der Waals surface area contributed by atoms with Crippen LogP contribution in [0.2, 0.25) is 0 Å². The van der Waals surface area contributed by atoms with Crippen LogP contribution in [0.15, 0.2) is 40.3 Å². The van der Waals surface area contributed by atoms with E-state index in [2.05, 4.69) is 31.3 Å². The summed E-state index contributed by atoms with van der Waals surface area (Å²) in [6.45, 7) is 9.04. The Hall–Kier alpha value is -6.78. The predicted molar refractivity (Wildman–Crippen MR) is 269 cm³/mol. The van der Waals surface area contributed by atoms with Crippen molar-refractivity contribution in [3.63, 3.8) is 0 Å². The minimum Gasteiger partial charge on any atom is -0.481 e. The fourth-order valence-electron chi connectivity index (χ4n) is 7.90. The van der Waals surface area contributed by atoms with Gasteiger partial charge in [0, 0.05) is 69.4 Å². The van der Waals surface area contributed by atoms with Crippen molar-refractivity contribution >= 4 is 70.6 Å². The molecule has 0 aliphatic carbocycles. The number of hydrogen-bond acceptors (Lipinski definition) is 13. The van der Waals surface area contributed by atoms with Gasteiger partial charge >= 0.3 is 5.97 Å². The molecule has 0 unspecified atom stereocenters. The fraction of sp³-hybridized carbons (Fsp3) is 0.633. The number of aliphatic carboxylic acids is 1. The SMILES string of the molecule is CC[C@H](C)[C@H](CC(=O)[C@H](Cc1ccccc1)NC(=O)[C@@H](CC(=O)[C@H](CC(=O)O)NC(=O)[C@H](C)CC(=O)[C@H](CO)NC(=O)[C@H](CCCN=C(N)N)CC(=O)[C@H](CCCN=C(N)N)NC(C)=O)[C@@H](C)CC)C(N)=O. The lowest BCUT2D eigenvalue weighted by molar-refractivity contribution is -0.141. The van der Waals surface area contributed by atoms with Gasteiger partial charge in [0.1, 0.15) is 6.04 Å². The standard InChI is InChI=1S/C49H79N11O12/c1-7-27(3)33(44(50)69)23-41(65)36(21-31-14-10-9-11-15-31)59-47(72)34(28(4)8-2)24-42(66)37(25-43(67)68)58-45(70)29(5)20-39(63)38(26-61)60-46(71)32(16-12-18-55-48(51)52)22-40(64)35(57-30(6)62)17-13-19-56-49(53)54/h9-11,14-15,27-29,32-38,61H,7-8,12-13,16-26H2,1-6H3,(H2,50,69)(H,57,62)(H,58,70)(H,59,72)(H,60,71)(H,67,68)(H4,51,52,55)(H4,53,54,56)/t27-,28-,29+,32+,33-,34-,35-,36-,37-,38-/m0/s1. The van der Waals surface area contributed by atoms with Gasteiger partial charge < -0.3 is 60.1 Å². The average molecular weight is 1010 g/mol. The quantitative estimate of drug-likeness (QED) is 0.0231. The number of carbonyl (C=O) groups is 10. The summed E-state index contributed by atoms with van der Waals surface area (Å²) in [5, 5.41) is 30.2. The maximum atomic E-state index is 14.1. The van der Waals surface area contributed by atoms with Gasteiger partial charge in [-0.2, -0.15) is 0 Å². The molecule has 72 heavy (non-hydrogen) atoms. The molecule has 23 nitrogen and oxygen atoms in total. The van der Waals surface area contributed by atoms with E-state index in [1.54, 1.807) is 51.1 Å². The van der Waals surface area contributed by atoms with E-state index in [1.807, 2.05) is 6.92 Å². The molecule has 1 aromatic carbocycles. The van der Waals surface area contributed by atoms with Crippen LogP contribution in [0.4, 0.5) is 0 Å². The van der Waals surface area contributed by atoms with Crippen molar-refractivity contribution in [1.29, 1.82) is 0 Å². The van der Waals surface area contributed by atoms with Crippen LogP contribution in [0.5, 0.6) is 0 Å². The Balaban J connectivity index is 3.30. The van der Waals surface area contributed by atoms with Gasteiger partial charge in [-0.15, -0.1) is 0 Å². The van der Waals surface area contributed by atoms with Crippen molar-refractivity contribution in [2.24, 2.45) is 74.2 Å². The molecule has 0 saturated carbocycles. The van der Waals surface area contributed by atoms with E-state index in [1.165, 1.54) is 13.8 Å². The molecule has 0 bridgehead atoms. The van der Waals surface area contributed by atoms with Crippen LogP contribution in [-0.4, -0.2) is 125 Å². The number of hydrogen-bond donors (Lipinski definition) is 11. The number of carboxylic acid groups (broad SMARTS) is 1. The third kappa shape index (κ3) is 23.9. The largest absolute Gasteiger partial charge is 0.481 e. The first-order valence-electron chi connectivity index (χ1n) is 24.4. The van der Waals surface area contributed by atoms with Crippen LogP contribution >= 0.6 is 0 Å². The van der Waals surface area contributed by atoms with Gasteiger partial charge in [-0.1, -0.05) is 77.8 Å². The van der Waals surface area contributed by atoms with E-state index in [4.69, 9.17) is 28.7 Å². The lowest BCUT2D eigenvalue weighted by Crippen LogP contribution is -2.50. The second-order valence-corrected chi connectivity index (χ2v) is 18.5. The zero-order valence-corrected chi connectivity index (χ0v) is 42.5. The highest BCUT2D eigenvalue weighted by Crippen LogP contribution is 2.24. The summed E-state index contributed by atoms with van der Waals surface area (Å²) in [5.41, 5.74) is 28.0. The Labute approximate surface area is 421 Å². The molecule has 1 aromatic rings. The smallest absolute Gasteiger partial charge is 0.305 e. The van der Waals surface area contributed by atoms with Crippen molar-refractivity contribution in [2.75, 3.05) is 19.7 Å². The summed E-state index contributed by atoms with van der Waals surface area (Å²) in [7, 11) is 0. The second kappa shape index (κ2) is 33.0. The van der Waals surface area contributed by atoms with Gasteiger partial charge in [0.2, 0.25) is 29.5 Å². The number of Topliss-reactive ketones (excluding diaryl/α,β-unsaturated/α-hetero) is 4. The molecule has 0 fully saturated rings. The first-order valence-corrected chi connectivity index (χ1v) is 24.4. The zero-order valence-electron chi connectivity index (χ0n) is 42.5. The molecule has 0 aromatic heterocycles. The number of amides is 5. The molecule has 0 heterocycles. The van der Waals surface area contributed by atoms with Crippen LogP contribution < -0.4 is 49.9 Å². The Morgan fingerprint density at radius 2 is 1.06 bits per heavy atom. The Bertz CT molecular complexity index is 2060. The van der Waals surface area contributed by atoms with Crippen LogP contribution in [0, 0.1) is 35.5 Å². The first kappa shape index (κ1) is 63.2. The molecule has 10 atom stereocenters. The molecule has 0 aliphatic rings. The zero-order chi connectivity index (χ0) is 54.7. The van der Waals surface area contributed by atoms with E-state index < -0.39 is 145 Å². The van der Waals surface area contributed by atoms with Crippen molar-refractivity contribution in [3.8, 4) is 0 Å². The minimum atomic E-state index is -1.65. The van der Waals surface area contributed by atoms with E-state index in [0.717, 1.165) is 0 Å². The van der Waals surface area contributed by atoms with Crippen LogP contribution in [0.3, 0.4) is 0 Å². The highest BCUT2D eigenvalue weighted by Gasteiger charge is 2.37. The molecule has 0 aliphatic heterocycles. The lowest BCUT2D eigenvalue weighted by atomic mass is 9.83. The van der Waals surface area contributed by atoms with Gasteiger partial charge in [0.15, 0.2) is 35.1 Å². The summed E-state index contributed by atoms with van der Waals surface area (Å²) in [4.78, 5) is 140. The van der Waals surface area contributed by atoms with Crippen LogP contribution in [0.25, 0.3) is 0 Å². The van der Waals surface area contributed by atoms with E-state index in [9.17, 15) is 58.2 Å². The summed E-state index contributed by atoms with van der Waals surface area (Å²) in [6, 6.07) is 3.52. The van der Waals surface area contributed by atoms with Crippen molar-refractivity contribution in [2.45, 2.75) is 143 Å². The number of primary amides is 1. The monoisotopic (exact) mass is 1010 g/mol. The number of nitrogens with one attached hydrogen (secondary N) is 4. The number of ketones is 4. The lowest BCUT2D eigenvalue weighted by Gasteiger charge is -2.28. The Morgan fingerprint density at radius 3 is 1.57 bits per heavy atom. The molecule has 402 valence electrons. The molecule has 0 spiro atoms. The number of carbonyl (C=O) groups excluding carboxylic acids is 9. The third-order valence-electron chi connectivity index (χ3n) is 12.7. The van der Waals surface area contributed by atoms with Crippen molar-refractivity contribution in [1.82, 2.24) is 21.3 Å². The molecular weight excluding hydrogens is 935 g/mol. The highest BCUT2D eigenvalue weighted by atomic mass is 16.4. The second-order valence-electron chi connectivity index (χ2n) is 18.5. The maximum absolute atomic E-state index is 14.1. The van der Waals surface area contributed by atoms with Gasteiger partial charge in [0.25, 0.3) is 0 Å². The molecule has 0 radical (unpaired) electrons. The number of benzene rings is 1. The number of aliphatic imine (C=N–C) groups is 2. The van der Waals surface area contributed by atoms with E-state index >= 15 is 0 Å². The fourth-order valence-corrected chi connectivity index (χ4v) is 7.90. The van der Waals surface area contributed by atoms with Crippen molar-refractivity contribution in [3.05, 3.63) is 35.9 Å². The number of aliphatic hydroxyl groups excluding tert-OH is 1. The number of nitrogens with zero attached hydrogens (tertiary/aromatic N) is 2. The van der Waals surface area contributed by atoms with Gasteiger partial charge in [-0.25, -0.2) is 0 Å². The third-order valence-corrected chi connectivity index (χ3v) is 12.7. The Morgan fingerprint density at radius 1 is 0.569 bits per heavy atom. The number of guanidine groups is 2. The number of rotatable bonds is 37. The molecule has 23 heteroatoms. The van der Waals surface area contributed by atoms with Crippen LogP contribution in [0.1, 0.15) is 118 Å². The van der Waals surface area contributed by atoms with E-state index in [-0.39, 0.29) is 63.0 Å². The minimum absolute atomic E-state index is 0.0427. The molecule has 16 N–H and O–H groups in total. The summed E-state index contributed by atoms with van der Waals surface area (Å²) < 4.78 is 0. The molecule has 1 rings (SSSR count). The van der Waals surface area contributed by atoms with Crippen LogP contribution in [-0.2, 0) is 54.4 Å². The molecule has 0 saturated heterocycles. The highest BCUT2D eigenvalue weighted by molar-refractivity contribution is 5.98. The maximum Gasteiger partial charge on any atom is 0.305 e. The summed E-state index contributed by atoms with van der Waals surface area (Å²) in [5.74, 6) is -12.8. The van der Waals surface area contributed by atoms with Crippen molar-refractivity contribution < 1.29 is 58.2 Å². The number of aliphatic hydroxyl groups is 1. The summed E-state index contributed by atoms with van der Waals surface area (Å²) in [6.07, 6.45) is -0.888. The topological polar surface area (TPSA) is 414 Å². The number of carboxylic acids is 1. The first-order chi connectivity index (χ1) is 33.8. The van der Waals surface area contributed by atoms with Gasteiger partial charge in [-0.3, -0.25) is 57.9 Å². The average Bonchev–Trinajstić information content (AvgIpc) is 3.31.